The molecule has 1 nitrogen and oxygen atoms in total. The van der Waals surface area contributed by atoms with Crippen molar-refractivity contribution >= 4 is 11.8 Å². The second-order valence-corrected chi connectivity index (χ2v) is 4.36. The van der Waals surface area contributed by atoms with Gasteiger partial charge in [-0.15, -0.1) is 0 Å². The van der Waals surface area contributed by atoms with E-state index in [0.29, 0.717) is 0 Å². The number of rotatable bonds is 5. The van der Waals surface area contributed by atoms with Crippen LogP contribution in [0.25, 0.3) is 0 Å². The van der Waals surface area contributed by atoms with Gasteiger partial charge >= 0.3 is 0 Å². The number of thioether (sulfide) groups is 1. The van der Waals surface area contributed by atoms with Crippen LogP contribution in [0.15, 0.2) is 24.3 Å². The highest BCUT2D eigenvalue weighted by Crippen LogP contribution is 2.07. The Morgan fingerprint density at radius 2 is 1.85 bits per heavy atom. The topological polar surface area (TPSA) is 26.0 Å². The van der Waals surface area contributed by atoms with Crippen molar-refractivity contribution in [1.29, 1.82) is 0 Å². The standard InChI is InChI=1S/C11H17NS/c1-10-2-4-11(5-3-10)6-8-13-9-7-12/h2-5H,6-9,12H2,1H3. The van der Waals surface area contributed by atoms with Crippen LogP contribution < -0.4 is 5.73 Å². The lowest BCUT2D eigenvalue weighted by Crippen LogP contribution is -2.02. The molecule has 0 heterocycles. The molecule has 13 heavy (non-hydrogen) atoms. The molecular weight excluding hydrogens is 178 g/mol. The summed E-state index contributed by atoms with van der Waals surface area (Å²) in [7, 11) is 0. The quantitative estimate of drug-likeness (QED) is 0.729. The molecule has 0 amide bonds. The summed E-state index contributed by atoms with van der Waals surface area (Å²) >= 11 is 1.93. The first kappa shape index (κ1) is 10.6. The minimum absolute atomic E-state index is 0.790. The molecule has 0 unspecified atom stereocenters. The average Bonchev–Trinajstić information content (AvgIpc) is 2.15. The Kier molecular flexibility index (Phi) is 4.94. The van der Waals surface area contributed by atoms with E-state index in [1.165, 1.54) is 16.9 Å². The predicted molar refractivity (Wildman–Crippen MR) is 61.3 cm³/mol. The fourth-order valence-electron chi connectivity index (χ4n) is 1.13. The molecule has 0 aromatic heterocycles. The van der Waals surface area contributed by atoms with Crippen LogP contribution >= 0.6 is 11.8 Å². The maximum Gasteiger partial charge on any atom is 0.00559 e. The Labute approximate surface area is 84.7 Å². The normalized spacial score (nSPS) is 10.3. The van der Waals surface area contributed by atoms with Gasteiger partial charge in [0.1, 0.15) is 0 Å². The van der Waals surface area contributed by atoms with E-state index in [2.05, 4.69) is 31.2 Å². The minimum atomic E-state index is 0.790. The van der Waals surface area contributed by atoms with E-state index in [0.717, 1.165) is 18.7 Å². The van der Waals surface area contributed by atoms with Gasteiger partial charge in [-0.05, 0) is 24.7 Å². The van der Waals surface area contributed by atoms with Crippen molar-refractivity contribution in [2.24, 2.45) is 5.73 Å². The first-order chi connectivity index (χ1) is 6.33. The summed E-state index contributed by atoms with van der Waals surface area (Å²) in [4.78, 5) is 0. The van der Waals surface area contributed by atoms with Crippen molar-refractivity contribution in [3.05, 3.63) is 35.4 Å². The predicted octanol–water partition coefficient (Wildman–Crippen LogP) is 2.23. The molecule has 72 valence electrons. The molecule has 0 saturated heterocycles. The second-order valence-electron chi connectivity index (χ2n) is 3.14. The van der Waals surface area contributed by atoms with E-state index in [9.17, 15) is 0 Å². The van der Waals surface area contributed by atoms with Crippen molar-refractivity contribution in [1.82, 2.24) is 0 Å². The van der Waals surface area contributed by atoms with Gasteiger partial charge < -0.3 is 5.73 Å². The van der Waals surface area contributed by atoms with Crippen LogP contribution in [0.4, 0.5) is 0 Å². The van der Waals surface area contributed by atoms with Crippen LogP contribution in [-0.4, -0.2) is 18.1 Å². The highest BCUT2D eigenvalue weighted by atomic mass is 32.2. The van der Waals surface area contributed by atoms with Crippen LogP contribution in [0.5, 0.6) is 0 Å². The van der Waals surface area contributed by atoms with Gasteiger partial charge in [-0.3, -0.25) is 0 Å². The molecule has 0 fully saturated rings. The zero-order valence-electron chi connectivity index (χ0n) is 8.12. The van der Waals surface area contributed by atoms with E-state index in [1.807, 2.05) is 11.8 Å². The van der Waals surface area contributed by atoms with Crippen molar-refractivity contribution < 1.29 is 0 Å². The Bertz CT molecular complexity index is 230. The number of hydrogen-bond donors (Lipinski definition) is 1. The third-order valence-electron chi connectivity index (χ3n) is 1.92. The van der Waals surface area contributed by atoms with Gasteiger partial charge in [-0.2, -0.15) is 11.8 Å². The van der Waals surface area contributed by atoms with Gasteiger partial charge in [-0.1, -0.05) is 29.8 Å². The summed E-state index contributed by atoms with van der Waals surface area (Å²) in [5.41, 5.74) is 8.16. The fraction of sp³-hybridized carbons (Fsp3) is 0.455. The molecule has 1 aromatic carbocycles. The summed E-state index contributed by atoms with van der Waals surface area (Å²) < 4.78 is 0. The van der Waals surface area contributed by atoms with Crippen molar-refractivity contribution in [2.75, 3.05) is 18.1 Å². The maximum atomic E-state index is 5.41. The summed E-state index contributed by atoms with van der Waals surface area (Å²) in [6.07, 6.45) is 1.16. The van der Waals surface area contributed by atoms with E-state index >= 15 is 0 Å². The molecule has 0 atom stereocenters. The number of hydrogen-bond acceptors (Lipinski definition) is 2. The van der Waals surface area contributed by atoms with Crippen molar-refractivity contribution in [3.63, 3.8) is 0 Å². The summed E-state index contributed by atoms with van der Waals surface area (Å²) in [6, 6.07) is 8.75. The third kappa shape index (κ3) is 4.34. The molecule has 0 aliphatic carbocycles. The average molecular weight is 195 g/mol. The van der Waals surface area contributed by atoms with E-state index < -0.39 is 0 Å². The summed E-state index contributed by atoms with van der Waals surface area (Å²) in [5.74, 6) is 2.26. The van der Waals surface area contributed by atoms with Crippen LogP contribution in [0.1, 0.15) is 11.1 Å². The van der Waals surface area contributed by atoms with Gasteiger partial charge in [-0.25, -0.2) is 0 Å². The first-order valence-electron chi connectivity index (χ1n) is 4.66. The van der Waals surface area contributed by atoms with E-state index in [-0.39, 0.29) is 0 Å². The molecule has 0 aliphatic heterocycles. The lowest BCUT2D eigenvalue weighted by atomic mass is 10.1. The summed E-state index contributed by atoms with van der Waals surface area (Å²) in [5, 5.41) is 0. The van der Waals surface area contributed by atoms with Crippen LogP contribution in [0.3, 0.4) is 0 Å². The van der Waals surface area contributed by atoms with Crippen LogP contribution in [0.2, 0.25) is 0 Å². The second kappa shape index (κ2) is 6.06. The first-order valence-corrected chi connectivity index (χ1v) is 5.82. The van der Waals surface area contributed by atoms with Crippen LogP contribution in [-0.2, 0) is 6.42 Å². The van der Waals surface area contributed by atoms with Crippen molar-refractivity contribution in [2.45, 2.75) is 13.3 Å². The largest absolute Gasteiger partial charge is 0.330 e. The van der Waals surface area contributed by atoms with Gasteiger partial charge in [0.2, 0.25) is 0 Å². The molecule has 0 saturated carbocycles. The Morgan fingerprint density at radius 1 is 1.15 bits per heavy atom. The minimum Gasteiger partial charge on any atom is -0.330 e. The molecule has 2 N–H and O–H groups in total. The van der Waals surface area contributed by atoms with Crippen molar-refractivity contribution in [3.8, 4) is 0 Å². The van der Waals surface area contributed by atoms with E-state index in [1.54, 1.807) is 0 Å². The molecule has 0 aliphatic rings. The molecule has 0 bridgehead atoms. The SMILES string of the molecule is Cc1ccc(CCSCCN)cc1. The smallest absolute Gasteiger partial charge is 0.00559 e. The Hall–Kier alpha value is -0.470. The van der Waals surface area contributed by atoms with Gasteiger partial charge in [0.25, 0.3) is 0 Å². The Balaban J connectivity index is 2.25. The van der Waals surface area contributed by atoms with Gasteiger partial charge in [0, 0.05) is 12.3 Å². The highest BCUT2D eigenvalue weighted by molar-refractivity contribution is 7.99. The Morgan fingerprint density at radius 3 is 2.46 bits per heavy atom. The monoisotopic (exact) mass is 195 g/mol. The zero-order valence-corrected chi connectivity index (χ0v) is 8.94. The number of aryl methyl sites for hydroxylation is 2. The maximum absolute atomic E-state index is 5.41. The number of nitrogens with two attached hydrogens (primary N) is 1. The lowest BCUT2D eigenvalue weighted by Gasteiger charge is -2.01. The molecule has 2 heteroatoms. The van der Waals surface area contributed by atoms with E-state index in [4.69, 9.17) is 5.73 Å². The molecule has 1 aromatic rings. The van der Waals surface area contributed by atoms with Gasteiger partial charge in [0.15, 0.2) is 0 Å². The molecule has 0 spiro atoms. The third-order valence-corrected chi connectivity index (χ3v) is 2.94. The highest BCUT2D eigenvalue weighted by Gasteiger charge is 1.92. The van der Waals surface area contributed by atoms with Crippen LogP contribution in [0, 0.1) is 6.92 Å². The van der Waals surface area contributed by atoms with Gasteiger partial charge in [0.05, 0.1) is 0 Å². The zero-order chi connectivity index (χ0) is 9.52. The fourth-order valence-corrected chi connectivity index (χ4v) is 1.88. The summed E-state index contributed by atoms with van der Waals surface area (Å²) in [6.45, 7) is 2.91. The molecule has 1 rings (SSSR count). The lowest BCUT2D eigenvalue weighted by molar-refractivity contribution is 1.12. The molecule has 0 radical (unpaired) electrons. The number of benzene rings is 1. The molecular formula is C11H17NS.